The third-order valence-electron chi connectivity index (χ3n) is 3.09. The highest BCUT2D eigenvalue weighted by molar-refractivity contribution is 5.61. The molecule has 1 aromatic carbocycles. The Hall–Kier alpha value is -1.22. The molecule has 0 spiro atoms. The molecular weight excluding hydrogens is 178 g/mol. The molecule has 2 unspecified atom stereocenters. The van der Waals surface area contributed by atoms with Crippen LogP contribution in [0.3, 0.4) is 0 Å². The minimum atomic E-state index is -0.233. The lowest BCUT2D eigenvalue weighted by molar-refractivity contribution is 0.129. The van der Waals surface area contributed by atoms with Crippen LogP contribution >= 0.6 is 0 Å². The highest BCUT2D eigenvalue weighted by Gasteiger charge is 2.37. The van der Waals surface area contributed by atoms with E-state index in [1.54, 1.807) is 0 Å². The number of ether oxygens (including phenoxy) is 1. The minimum absolute atomic E-state index is 0.157. The van der Waals surface area contributed by atoms with E-state index in [-0.39, 0.29) is 12.1 Å². The molecule has 1 N–H and O–H groups in total. The molecule has 3 heteroatoms. The number of aliphatic hydroxyl groups is 1. The lowest BCUT2D eigenvalue weighted by atomic mass is 10.1. The fraction of sp³-hybridized carbons (Fsp3) is 0.455. The van der Waals surface area contributed by atoms with Crippen LogP contribution in [0, 0.1) is 0 Å². The van der Waals surface area contributed by atoms with E-state index in [0.717, 1.165) is 24.4 Å². The summed E-state index contributed by atoms with van der Waals surface area (Å²) in [6, 6.07) is 8.18. The molecule has 1 saturated heterocycles. The van der Waals surface area contributed by atoms with Crippen molar-refractivity contribution in [2.45, 2.75) is 18.6 Å². The number of hydrogen-bond donors (Lipinski definition) is 1. The lowest BCUT2D eigenvalue weighted by Crippen LogP contribution is -2.43. The standard InChI is InChI=1S/C11H13NO2/c13-10-5-6-12-8-3-1-2-4-11(8)14-7-9(10)12/h1-4,9-10,13H,5-7H2. The summed E-state index contributed by atoms with van der Waals surface area (Å²) in [5.41, 5.74) is 1.13. The molecule has 2 aliphatic rings. The van der Waals surface area contributed by atoms with Crippen LogP contribution in [0.1, 0.15) is 6.42 Å². The number of nitrogens with zero attached hydrogens (tertiary/aromatic N) is 1. The zero-order chi connectivity index (χ0) is 9.54. The van der Waals surface area contributed by atoms with Gasteiger partial charge in [0.2, 0.25) is 0 Å². The molecule has 74 valence electrons. The second kappa shape index (κ2) is 2.89. The van der Waals surface area contributed by atoms with Crippen molar-refractivity contribution >= 4 is 5.69 Å². The molecule has 0 saturated carbocycles. The minimum Gasteiger partial charge on any atom is -0.489 e. The molecule has 0 radical (unpaired) electrons. The summed E-state index contributed by atoms with van der Waals surface area (Å²) >= 11 is 0. The van der Waals surface area contributed by atoms with Gasteiger partial charge in [0.1, 0.15) is 12.4 Å². The van der Waals surface area contributed by atoms with Crippen molar-refractivity contribution in [2.75, 3.05) is 18.1 Å². The monoisotopic (exact) mass is 191 g/mol. The molecule has 2 aliphatic heterocycles. The molecule has 14 heavy (non-hydrogen) atoms. The molecule has 0 bridgehead atoms. The van der Waals surface area contributed by atoms with Crippen molar-refractivity contribution in [3.05, 3.63) is 24.3 Å². The maximum absolute atomic E-state index is 9.73. The molecule has 0 aromatic heterocycles. The lowest BCUT2D eigenvalue weighted by Gasteiger charge is -2.34. The van der Waals surface area contributed by atoms with Gasteiger partial charge in [-0.3, -0.25) is 0 Å². The Balaban J connectivity index is 2.03. The number of anilines is 1. The topological polar surface area (TPSA) is 32.7 Å². The summed E-state index contributed by atoms with van der Waals surface area (Å²) in [5, 5.41) is 9.73. The molecule has 1 fully saturated rings. The zero-order valence-electron chi connectivity index (χ0n) is 7.89. The largest absolute Gasteiger partial charge is 0.489 e. The number of aliphatic hydroxyl groups excluding tert-OH is 1. The molecule has 2 heterocycles. The molecule has 3 rings (SSSR count). The summed E-state index contributed by atoms with van der Waals surface area (Å²) in [4.78, 5) is 2.25. The van der Waals surface area contributed by atoms with Gasteiger partial charge >= 0.3 is 0 Å². The Morgan fingerprint density at radius 3 is 3.14 bits per heavy atom. The van der Waals surface area contributed by atoms with Crippen molar-refractivity contribution < 1.29 is 9.84 Å². The third kappa shape index (κ3) is 1.02. The average molecular weight is 191 g/mol. The average Bonchev–Trinajstić information content (AvgIpc) is 2.61. The highest BCUT2D eigenvalue weighted by Crippen LogP contribution is 2.37. The summed E-state index contributed by atoms with van der Waals surface area (Å²) in [7, 11) is 0. The zero-order valence-corrected chi connectivity index (χ0v) is 7.89. The van der Waals surface area contributed by atoms with E-state index in [1.165, 1.54) is 0 Å². The summed E-state index contributed by atoms with van der Waals surface area (Å²) < 4.78 is 5.61. The summed E-state index contributed by atoms with van der Waals surface area (Å²) in [5.74, 6) is 0.942. The van der Waals surface area contributed by atoms with E-state index >= 15 is 0 Å². The van der Waals surface area contributed by atoms with E-state index < -0.39 is 0 Å². The fourth-order valence-electron chi connectivity index (χ4n) is 2.33. The van der Waals surface area contributed by atoms with E-state index in [9.17, 15) is 5.11 Å². The first-order valence-electron chi connectivity index (χ1n) is 5.03. The number of para-hydroxylation sites is 2. The van der Waals surface area contributed by atoms with Gasteiger partial charge in [-0.2, -0.15) is 0 Å². The quantitative estimate of drug-likeness (QED) is 0.664. The Morgan fingerprint density at radius 1 is 1.36 bits per heavy atom. The molecule has 0 amide bonds. The smallest absolute Gasteiger partial charge is 0.142 e. The van der Waals surface area contributed by atoms with Crippen LogP contribution in [-0.2, 0) is 0 Å². The molecule has 3 nitrogen and oxygen atoms in total. The Bertz CT molecular complexity index is 353. The van der Waals surface area contributed by atoms with Crippen LogP contribution < -0.4 is 9.64 Å². The summed E-state index contributed by atoms with van der Waals surface area (Å²) in [6.07, 6.45) is 0.617. The van der Waals surface area contributed by atoms with Gasteiger partial charge in [-0.25, -0.2) is 0 Å². The molecule has 0 aliphatic carbocycles. The van der Waals surface area contributed by atoms with Gasteiger partial charge in [-0.15, -0.1) is 0 Å². The predicted molar refractivity (Wildman–Crippen MR) is 53.7 cm³/mol. The van der Waals surface area contributed by atoms with Crippen molar-refractivity contribution in [3.8, 4) is 5.75 Å². The number of rotatable bonds is 0. The van der Waals surface area contributed by atoms with Gasteiger partial charge in [-0.1, -0.05) is 12.1 Å². The Labute approximate surface area is 82.9 Å². The fourth-order valence-corrected chi connectivity index (χ4v) is 2.33. The normalized spacial score (nSPS) is 29.4. The first-order valence-corrected chi connectivity index (χ1v) is 5.03. The van der Waals surface area contributed by atoms with Gasteiger partial charge in [0, 0.05) is 6.54 Å². The van der Waals surface area contributed by atoms with Crippen LogP contribution in [0.2, 0.25) is 0 Å². The van der Waals surface area contributed by atoms with E-state index in [0.29, 0.717) is 6.61 Å². The van der Waals surface area contributed by atoms with Crippen molar-refractivity contribution in [1.82, 2.24) is 0 Å². The maximum Gasteiger partial charge on any atom is 0.142 e. The van der Waals surface area contributed by atoms with Crippen LogP contribution in [0.25, 0.3) is 0 Å². The first-order chi connectivity index (χ1) is 6.86. The van der Waals surface area contributed by atoms with Gasteiger partial charge in [0.15, 0.2) is 0 Å². The van der Waals surface area contributed by atoms with Crippen LogP contribution in [0.15, 0.2) is 24.3 Å². The van der Waals surface area contributed by atoms with Gasteiger partial charge < -0.3 is 14.7 Å². The highest BCUT2D eigenvalue weighted by atomic mass is 16.5. The van der Waals surface area contributed by atoms with Crippen LogP contribution in [0.4, 0.5) is 5.69 Å². The van der Waals surface area contributed by atoms with Crippen LogP contribution in [0.5, 0.6) is 5.75 Å². The van der Waals surface area contributed by atoms with Gasteiger partial charge in [0.05, 0.1) is 17.8 Å². The maximum atomic E-state index is 9.73. The second-order valence-corrected chi connectivity index (χ2v) is 3.90. The van der Waals surface area contributed by atoms with E-state index in [1.807, 2.05) is 18.2 Å². The Kier molecular flexibility index (Phi) is 1.67. The van der Waals surface area contributed by atoms with Crippen molar-refractivity contribution in [3.63, 3.8) is 0 Å². The summed E-state index contributed by atoms with van der Waals surface area (Å²) in [6.45, 7) is 1.55. The number of fused-ring (bicyclic) bond motifs is 3. The molecule has 2 atom stereocenters. The number of hydrogen-bond acceptors (Lipinski definition) is 3. The molecular formula is C11H13NO2. The van der Waals surface area contributed by atoms with Crippen molar-refractivity contribution in [2.24, 2.45) is 0 Å². The van der Waals surface area contributed by atoms with E-state index in [4.69, 9.17) is 4.74 Å². The molecule has 1 aromatic rings. The van der Waals surface area contributed by atoms with Crippen molar-refractivity contribution in [1.29, 1.82) is 0 Å². The second-order valence-electron chi connectivity index (χ2n) is 3.90. The first kappa shape index (κ1) is 8.12. The van der Waals surface area contributed by atoms with E-state index in [2.05, 4.69) is 11.0 Å². The van der Waals surface area contributed by atoms with Gasteiger partial charge in [0.25, 0.3) is 0 Å². The number of benzene rings is 1. The van der Waals surface area contributed by atoms with Gasteiger partial charge in [-0.05, 0) is 18.6 Å². The van der Waals surface area contributed by atoms with Crippen LogP contribution in [-0.4, -0.2) is 30.4 Å². The Morgan fingerprint density at radius 2 is 2.21 bits per heavy atom. The predicted octanol–water partition coefficient (Wildman–Crippen LogP) is 1.02. The third-order valence-corrected chi connectivity index (χ3v) is 3.09. The SMILES string of the molecule is OC1CCN2c3ccccc3OCC12.